The van der Waals surface area contributed by atoms with E-state index in [0.29, 0.717) is 18.8 Å². The number of rotatable bonds is 3. The first kappa shape index (κ1) is 16.4. The van der Waals surface area contributed by atoms with Crippen molar-refractivity contribution in [2.45, 2.75) is 6.92 Å². The molecule has 1 aliphatic heterocycles. The van der Waals surface area contributed by atoms with E-state index in [9.17, 15) is 4.79 Å². The molecule has 2 aromatic heterocycles. The lowest BCUT2D eigenvalue weighted by molar-refractivity contribution is 0.0741. The molecule has 0 atom stereocenters. The number of fused-ring (bicyclic) bond motifs is 1. The number of pyridine rings is 1. The van der Waals surface area contributed by atoms with Crippen molar-refractivity contribution in [1.82, 2.24) is 14.3 Å². The maximum absolute atomic E-state index is 12.8. The number of benzene rings is 1. The largest absolute Gasteiger partial charge is 0.497 e. The van der Waals surface area contributed by atoms with Crippen LogP contribution in [-0.2, 0) is 0 Å². The quantitative estimate of drug-likeness (QED) is 0.729. The van der Waals surface area contributed by atoms with Crippen molar-refractivity contribution in [3.8, 4) is 5.75 Å². The predicted molar refractivity (Wildman–Crippen MR) is 101 cm³/mol. The molecule has 26 heavy (non-hydrogen) atoms. The smallest absolute Gasteiger partial charge is 0.274 e. The minimum Gasteiger partial charge on any atom is -0.497 e. The second-order valence-corrected chi connectivity index (χ2v) is 6.58. The fourth-order valence-corrected chi connectivity index (χ4v) is 3.32. The number of anilines is 1. The third kappa shape index (κ3) is 3.10. The van der Waals surface area contributed by atoms with Crippen LogP contribution in [0.5, 0.6) is 5.75 Å². The summed E-state index contributed by atoms with van der Waals surface area (Å²) in [6.45, 7) is 4.98. The SMILES string of the molecule is COc1cccc(N2CCN(C(=O)c3cn4ccc(C)cc4n3)CC2)c1. The van der Waals surface area contributed by atoms with E-state index in [1.165, 1.54) is 0 Å². The van der Waals surface area contributed by atoms with Gasteiger partial charge in [0.2, 0.25) is 0 Å². The first-order valence-electron chi connectivity index (χ1n) is 8.78. The van der Waals surface area contributed by atoms with Crippen molar-refractivity contribution in [2.75, 3.05) is 38.2 Å². The summed E-state index contributed by atoms with van der Waals surface area (Å²) in [7, 11) is 1.67. The molecule has 6 heteroatoms. The number of hydrogen-bond donors (Lipinski definition) is 0. The normalized spacial score (nSPS) is 14.7. The first-order valence-corrected chi connectivity index (χ1v) is 8.78. The average molecular weight is 350 g/mol. The molecule has 1 fully saturated rings. The van der Waals surface area contributed by atoms with Gasteiger partial charge in [-0.3, -0.25) is 4.79 Å². The maximum atomic E-state index is 12.8. The highest BCUT2D eigenvalue weighted by atomic mass is 16.5. The molecule has 1 aliphatic rings. The molecule has 134 valence electrons. The van der Waals surface area contributed by atoms with Gasteiger partial charge < -0.3 is 18.9 Å². The molecule has 1 saturated heterocycles. The Kier molecular flexibility index (Phi) is 4.24. The molecule has 1 aromatic carbocycles. The van der Waals surface area contributed by atoms with Crippen molar-refractivity contribution in [3.63, 3.8) is 0 Å². The lowest BCUT2D eigenvalue weighted by Gasteiger charge is -2.35. The minimum absolute atomic E-state index is 0.00311. The van der Waals surface area contributed by atoms with Gasteiger partial charge in [-0.05, 0) is 36.8 Å². The van der Waals surface area contributed by atoms with Crippen molar-refractivity contribution < 1.29 is 9.53 Å². The lowest BCUT2D eigenvalue weighted by atomic mass is 10.2. The summed E-state index contributed by atoms with van der Waals surface area (Å²) in [5, 5.41) is 0. The van der Waals surface area contributed by atoms with E-state index < -0.39 is 0 Å². The number of aromatic nitrogens is 2. The molecule has 0 N–H and O–H groups in total. The second kappa shape index (κ2) is 6.71. The highest BCUT2D eigenvalue weighted by molar-refractivity contribution is 5.93. The molecule has 0 aliphatic carbocycles. The van der Waals surface area contributed by atoms with Crippen LogP contribution in [0.25, 0.3) is 5.65 Å². The van der Waals surface area contributed by atoms with Gasteiger partial charge in [-0.25, -0.2) is 4.98 Å². The fourth-order valence-electron chi connectivity index (χ4n) is 3.32. The summed E-state index contributed by atoms with van der Waals surface area (Å²) in [5.74, 6) is 0.845. The van der Waals surface area contributed by atoms with Gasteiger partial charge in [-0.2, -0.15) is 0 Å². The van der Waals surface area contributed by atoms with E-state index in [1.54, 1.807) is 7.11 Å². The zero-order valence-corrected chi connectivity index (χ0v) is 15.1. The highest BCUT2D eigenvalue weighted by Gasteiger charge is 2.24. The van der Waals surface area contributed by atoms with Gasteiger partial charge in [0.15, 0.2) is 0 Å². The Hall–Kier alpha value is -3.02. The molecule has 3 heterocycles. The number of carbonyl (C=O) groups is 1. The number of ether oxygens (including phenoxy) is 1. The zero-order chi connectivity index (χ0) is 18.1. The predicted octanol–water partition coefficient (Wildman–Crippen LogP) is 2.61. The van der Waals surface area contributed by atoms with E-state index in [4.69, 9.17) is 4.74 Å². The van der Waals surface area contributed by atoms with E-state index in [1.807, 2.05) is 58.9 Å². The van der Waals surface area contributed by atoms with Crippen LogP contribution >= 0.6 is 0 Å². The molecular weight excluding hydrogens is 328 g/mol. The number of carbonyl (C=O) groups excluding carboxylic acids is 1. The molecule has 3 aromatic rings. The maximum Gasteiger partial charge on any atom is 0.274 e. The van der Waals surface area contributed by atoms with E-state index >= 15 is 0 Å². The molecule has 1 amide bonds. The number of methoxy groups -OCH3 is 1. The summed E-state index contributed by atoms with van der Waals surface area (Å²) in [4.78, 5) is 21.5. The number of aryl methyl sites for hydroxylation is 1. The molecule has 0 spiro atoms. The summed E-state index contributed by atoms with van der Waals surface area (Å²) >= 11 is 0. The van der Waals surface area contributed by atoms with Crippen molar-refractivity contribution in [1.29, 1.82) is 0 Å². The van der Waals surface area contributed by atoms with Gasteiger partial charge >= 0.3 is 0 Å². The number of piperazine rings is 1. The van der Waals surface area contributed by atoms with Crippen LogP contribution in [0.15, 0.2) is 48.8 Å². The van der Waals surface area contributed by atoms with E-state index in [2.05, 4.69) is 16.0 Å². The Balaban J connectivity index is 1.45. The monoisotopic (exact) mass is 350 g/mol. The Morgan fingerprint density at radius 3 is 2.69 bits per heavy atom. The van der Waals surface area contributed by atoms with Crippen molar-refractivity contribution in [2.24, 2.45) is 0 Å². The van der Waals surface area contributed by atoms with Gasteiger partial charge in [0.25, 0.3) is 5.91 Å². The third-order valence-electron chi connectivity index (χ3n) is 4.82. The Bertz CT molecular complexity index is 942. The van der Waals surface area contributed by atoms with Crippen LogP contribution in [0.3, 0.4) is 0 Å². The van der Waals surface area contributed by atoms with Crippen LogP contribution in [0.1, 0.15) is 16.1 Å². The van der Waals surface area contributed by atoms with Crippen LogP contribution in [0.4, 0.5) is 5.69 Å². The van der Waals surface area contributed by atoms with Crippen molar-refractivity contribution in [3.05, 3.63) is 60.0 Å². The molecule has 6 nitrogen and oxygen atoms in total. The van der Waals surface area contributed by atoms with Gasteiger partial charge in [0.05, 0.1) is 7.11 Å². The van der Waals surface area contributed by atoms with Crippen molar-refractivity contribution >= 4 is 17.2 Å². The fraction of sp³-hybridized carbons (Fsp3) is 0.300. The molecule has 4 rings (SSSR count). The van der Waals surface area contributed by atoms with Crippen LogP contribution in [0, 0.1) is 6.92 Å². The third-order valence-corrected chi connectivity index (χ3v) is 4.82. The van der Waals surface area contributed by atoms with E-state index in [0.717, 1.165) is 35.7 Å². The Morgan fingerprint density at radius 2 is 1.92 bits per heavy atom. The van der Waals surface area contributed by atoms with Crippen LogP contribution < -0.4 is 9.64 Å². The number of hydrogen-bond acceptors (Lipinski definition) is 4. The number of amides is 1. The Labute approximate surface area is 152 Å². The average Bonchev–Trinajstić information content (AvgIpc) is 3.10. The zero-order valence-electron chi connectivity index (χ0n) is 15.1. The standard InChI is InChI=1S/C20H22N4O2/c1-15-6-7-24-14-18(21-19(24)12-15)20(25)23-10-8-22(9-11-23)16-4-3-5-17(13-16)26-2/h3-7,12-14H,8-11H2,1-2H3. The van der Waals surface area contributed by atoms with Crippen LogP contribution in [-0.4, -0.2) is 53.5 Å². The van der Waals surface area contributed by atoms with Gasteiger partial charge in [0, 0.05) is 50.3 Å². The molecule has 0 bridgehead atoms. The summed E-state index contributed by atoms with van der Waals surface area (Å²) in [6, 6.07) is 12.0. The summed E-state index contributed by atoms with van der Waals surface area (Å²) in [5.41, 5.74) is 3.57. The van der Waals surface area contributed by atoms with Gasteiger partial charge in [-0.1, -0.05) is 6.07 Å². The summed E-state index contributed by atoms with van der Waals surface area (Å²) in [6.07, 6.45) is 3.75. The topological polar surface area (TPSA) is 50.1 Å². The minimum atomic E-state index is -0.00311. The number of nitrogens with zero attached hydrogens (tertiary/aromatic N) is 4. The van der Waals surface area contributed by atoms with Gasteiger partial charge in [0.1, 0.15) is 17.1 Å². The van der Waals surface area contributed by atoms with E-state index in [-0.39, 0.29) is 5.91 Å². The molecule has 0 radical (unpaired) electrons. The summed E-state index contributed by atoms with van der Waals surface area (Å²) < 4.78 is 7.19. The molecular formula is C20H22N4O2. The second-order valence-electron chi connectivity index (χ2n) is 6.58. The molecule has 0 unspecified atom stereocenters. The van der Waals surface area contributed by atoms with Gasteiger partial charge in [-0.15, -0.1) is 0 Å². The Morgan fingerprint density at radius 1 is 1.12 bits per heavy atom. The number of imidazole rings is 1. The lowest BCUT2D eigenvalue weighted by Crippen LogP contribution is -2.48. The highest BCUT2D eigenvalue weighted by Crippen LogP contribution is 2.22. The first-order chi connectivity index (χ1) is 12.6. The van der Waals surface area contributed by atoms with Crippen LogP contribution in [0.2, 0.25) is 0 Å². The molecule has 0 saturated carbocycles.